The van der Waals surface area contributed by atoms with Crippen molar-refractivity contribution in [2.45, 2.75) is 18.4 Å². The largest absolute Gasteiger partial charge is 0.347 e. The molecule has 0 radical (unpaired) electrons. The Kier molecular flexibility index (Phi) is 5.51. The first-order valence-corrected chi connectivity index (χ1v) is 10.4. The summed E-state index contributed by atoms with van der Waals surface area (Å²) in [7, 11) is -1.67. The third-order valence-electron chi connectivity index (χ3n) is 4.60. The van der Waals surface area contributed by atoms with E-state index in [1.54, 1.807) is 6.92 Å². The number of carbonyl (C=O) groups is 1. The smallest absolute Gasteiger partial charge is 0.315 e. The third kappa shape index (κ3) is 4.14. The Morgan fingerprint density at radius 2 is 1.67 bits per heavy atom. The molecule has 0 atom stereocenters. The average molecular weight is 385 g/mol. The van der Waals surface area contributed by atoms with Gasteiger partial charge in [0.15, 0.2) is 9.84 Å². The Labute approximate surface area is 159 Å². The number of hydrogen-bond donors (Lipinski definition) is 2. The molecule has 0 aliphatic heterocycles. The number of nitrogens with zero attached hydrogens (tertiary/aromatic N) is 1. The maximum atomic E-state index is 12.9. The number of carbonyl (C=O) groups excluding carboxylic acids is 1. The predicted molar refractivity (Wildman–Crippen MR) is 106 cm³/mol. The lowest BCUT2D eigenvalue weighted by atomic mass is 10.2. The van der Waals surface area contributed by atoms with Gasteiger partial charge in [-0.05, 0) is 18.6 Å². The van der Waals surface area contributed by atoms with E-state index in [4.69, 9.17) is 0 Å². The average Bonchev–Trinajstić information content (AvgIpc) is 2.92. The second kappa shape index (κ2) is 7.84. The Morgan fingerprint density at radius 1 is 1.00 bits per heavy atom. The Hall–Kier alpha value is -2.80. The summed E-state index contributed by atoms with van der Waals surface area (Å²) in [5, 5.41) is 6.05. The molecule has 2 aromatic carbocycles. The van der Waals surface area contributed by atoms with E-state index in [9.17, 15) is 13.2 Å². The van der Waals surface area contributed by atoms with Crippen molar-refractivity contribution in [2.24, 2.45) is 7.05 Å². The maximum Gasteiger partial charge on any atom is 0.315 e. The van der Waals surface area contributed by atoms with Gasteiger partial charge in [0.1, 0.15) is 0 Å². The van der Waals surface area contributed by atoms with Gasteiger partial charge in [-0.3, -0.25) is 0 Å². The first-order chi connectivity index (χ1) is 12.9. The van der Waals surface area contributed by atoms with Gasteiger partial charge < -0.3 is 15.2 Å². The zero-order valence-corrected chi connectivity index (χ0v) is 16.2. The number of amides is 2. The monoisotopic (exact) mass is 385 g/mol. The van der Waals surface area contributed by atoms with E-state index in [1.165, 1.54) is 0 Å². The maximum absolute atomic E-state index is 12.9. The molecule has 0 spiro atoms. The fourth-order valence-electron chi connectivity index (χ4n) is 3.12. The summed E-state index contributed by atoms with van der Waals surface area (Å²) in [5.74, 6) is -0.152. The fraction of sp³-hybridized carbons (Fsp3) is 0.250. The van der Waals surface area contributed by atoms with Crippen molar-refractivity contribution < 1.29 is 13.2 Å². The number of benzene rings is 2. The molecule has 3 aromatic rings. The van der Waals surface area contributed by atoms with Crippen LogP contribution in [0.2, 0.25) is 0 Å². The SMILES string of the molecule is Cc1c(S(=O)(=O)CCNC(=O)NCc2ccccc2)c2ccccc2n1C. The van der Waals surface area contributed by atoms with Crippen LogP contribution in [0.25, 0.3) is 10.9 Å². The molecule has 27 heavy (non-hydrogen) atoms. The summed E-state index contributed by atoms with van der Waals surface area (Å²) in [6.07, 6.45) is 0. The number of nitrogens with one attached hydrogen (secondary N) is 2. The van der Waals surface area contributed by atoms with Gasteiger partial charge in [0.05, 0.1) is 10.6 Å². The van der Waals surface area contributed by atoms with Crippen LogP contribution < -0.4 is 10.6 Å². The first-order valence-electron chi connectivity index (χ1n) is 8.72. The summed E-state index contributed by atoms with van der Waals surface area (Å²) in [6.45, 7) is 2.24. The van der Waals surface area contributed by atoms with Gasteiger partial charge >= 0.3 is 6.03 Å². The quantitative estimate of drug-likeness (QED) is 0.685. The van der Waals surface area contributed by atoms with Crippen LogP contribution in [0.5, 0.6) is 0 Å². The van der Waals surface area contributed by atoms with E-state index >= 15 is 0 Å². The van der Waals surface area contributed by atoms with E-state index in [1.807, 2.05) is 66.2 Å². The molecular formula is C20H23N3O3S. The third-order valence-corrected chi connectivity index (χ3v) is 6.48. The van der Waals surface area contributed by atoms with Crippen molar-refractivity contribution in [1.29, 1.82) is 0 Å². The normalized spacial score (nSPS) is 11.5. The van der Waals surface area contributed by atoms with E-state index in [0.29, 0.717) is 22.5 Å². The second-order valence-electron chi connectivity index (χ2n) is 6.40. The molecule has 0 aliphatic rings. The Morgan fingerprint density at radius 3 is 2.41 bits per heavy atom. The lowest BCUT2D eigenvalue weighted by molar-refractivity contribution is 0.241. The number of fused-ring (bicyclic) bond motifs is 1. The molecule has 7 heteroatoms. The molecule has 3 rings (SSSR count). The van der Waals surface area contributed by atoms with Crippen LogP contribution in [-0.4, -0.2) is 31.3 Å². The zero-order chi connectivity index (χ0) is 19.4. The molecular weight excluding hydrogens is 362 g/mol. The number of rotatable bonds is 6. The molecule has 1 aromatic heterocycles. The van der Waals surface area contributed by atoms with Crippen LogP contribution in [0, 0.1) is 6.92 Å². The van der Waals surface area contributed by atoms with Crippen molar-refractivity contribution >= 4 is 26.8 Å². The molecule has 0 aliphatic carbocycles. The lowest BCUT2D eigenvalue weighted by Crippen LogP contribution is -2.37. The zero-order valence-electron chi connectivity index (χ0n) is 15.4. The standard InChI is InChI=1S/C20H23N3O3S/c1-15-19(17-10-6-7-11-18(17)23(15)2)27(25,26)13-12-21-20(24)22-14-16-8-4-3-5-9-16/h3-11H,12-14H2,1-2H3,(H2,21,22,24). The summed E-state index contributed by atoms with van der Waals surface area (Å²) < 4.78 is 27.6. The first kappa shape index (κ1) is 19.0. The highest BCUT2D eigenvalue weighted by molar-refractivity contribution is 7.91. The number of para-hydroxylation sites is 1. The molecule has 2 amide bonds. The molecule has 142 valence electrons. The molecule has 2 N–H and O–H groups in total. The minimum Gasteiger partial charge on any atom is -0.347 e. The van der Waals surface area contributed by atoms with Crippen molar-refractivity contribution in [3.63, 3.8) is 0 Å². The van der Waals surface area contributed by atoms with Crippen LogP contribution in [0.1, 0.15) is 11.3 Å². The second-order valence-corrected chi connectivity index (χ2v) is 8.45. The number of sulfone groups is 1. The van der Waals surface area contributed by atoms with Gasteiger partial charge in [-0.15, -0.1) is 0 Å². The molecule has 0 unspecified atom stereocenters. The highest BCUT2D eigenvalue weighted by Gasteiger charge is 2.23. The molecule has 1 heterocycles. The van der Waals surface area contributed by atoms with Crippen molar-refractivity contribution in [3.05, 3.63) is 65.9 Å². The van der Waals surface area contributed by atoms with Crippen LogP contribution in [0.15, 0.2) is 59.5 Å². The topological polar surface area (TPSA) is 80.2 Å². The predicted octanol–water partition coefficient (Wildman–Crippen LogP) is 2.76. The minimum absolute atomic E-state index is 0.0472. The van der Waals surface area contributed by atoms with Gasteiger partial charge in [-0.1, -0.05) is 48.5 Å². The summed E-state index contributed by atoms with van der Waals surface area (Å²) >= 11 is 0. The Bertz CT molecular complexity index is 1060. The van der Waals surface area contributed by atoms with Crippen molar-refractivity contribution in [1.82, 2.24) is 15.2 Å². The van der Waals surface area contributed by atoms with E-state index in [0.717, 1.165) is 11.1 Å². The van der Waals surface area contributed by atoms with E-state index in [-0.39, 0.29) is 18.3 Å². The highest BCUT2D eigenvalue weighted by Crippen LogP contribution is 2.29. The van der Waals surface area contributed by atoms with Gasteiger partial charge in [-0.2, -0.15) is 0 Å². The van der Waals surface area contributed by atoms with E-state index < -0.39 is 9.84 Å². The summed E-state index contributed by atoms with van der Waals surface area (Å²) in [5.41, 5.74) is 2.55. The molecule has 0 fully saturated rings. The number of hydrogen-bond acceptors (Lipinski definition) is 3. The van der Waals surface area contributed by atoms with Gasteiger partial charge in [0.2, 0.25) is 0 Å². The molecule has 0 saturated carbocycles. The van der Waals surface area contributed by atoms with Gasteiger partial charge in [-0.25, -0.2) is 13.2 Å². The van der Waals surface area contributed by atoms with Crippen LogP contribution in [0.4, 0.5) is 4.79 Å². The van der Waals surface area contributed by atoms with E-state index in [2.05, 4.69) is 10.6 Å². The molecule has 6 nitrogen and oxygen atoms in total. The van der Waals surface area contributed by atoms with Crippen molar-refractivity contribution in [2.75, 3.05) is 12.3 Å². The summed E-state index contributed by atoms with van der Waals surface area (Å²) in [4.78, 5) is 12.2. The van der Waals surface area contributed by atoms with Crippen LogP contribution >= 0.6 is 0 Å². The number of aromatic nitrogens is 1. The summed E-state index contributed by atoms with van der Waals surface area (Å²) in [6, 6.07) is 16.6. The van der Waals surface area contributed by atoms with Gasteiger partial charge in [0, 0.05) is 36.7 Å². The van der Waals surface area contributed by atoms with Crippen LogP contribution in [0.3, 0.4) is 0 Å². The fourth-order valence-corrected chi connectivity index (χ4v) is 4.79. The molecule has 0 bridgehead atoms. The molecule has 0 saturated heterocycles. The van der Waals surface area contributed by atoms with Gasteiger partial charge in [0.25, 0.3) is 0 Å². The Balaban J connectivity index is 1.63. The highest BCUT2D eigenvalue weighted by atomic mass is 32.2. The van der Waals surface area contributed by atoms with Crippen LogP contribution in [-0.2, 0) is 23.4 Å². The number of aryl methyl sites for hydroxylation is 1. The van der Waals surface area contributed by atoms with Crippen molar-refractivity contribution in [3.8, 4) is 0 Å². The lowest BCUT2D eigenvalue weighted by Gasteiger charge is -2.09. The minimum atomic E-state index is -3.52. The number of urea groups is 1.